The summed E-state index contributed by atoms with van der Waals surface area (Å²) in [7, 11) is 3.14. The molecule has 1 amide bonds. The summed E-state index contributed by atoms with van der Waals surface area (Å²) in [5.41, 5.74) is 1.70. The average Bonchev–Trinajstić information content (AvgIpc) is 2.69. The van der Waals surface area contributed by atoms with E-state index in [0.29, 0.717) is 23.0 Å². The Hall–Kier alpha value is -3.61. The molecule has 0 aliphatic rings. The van der Waals surface area contributed by atoms with Gasteiger partial charge in [0.1, 0.15) is 17.8 Å². The van der Waals surface area contributed by atoms with Gasteiger partial charge >= 0.3 is 0 Å². The molecular formula is C19H18N4O3. The lowest BCUT2D eigenvalue weighted by atomic mass is 10.2. The van der Waals surface area contributed by atoms with E-state index in [1.807, 2.05) is 36.4 Å². The normalized spacial score (nSPS) is 10.1. The fourth-order valence-electron chi connectivity index (χ4n) is 2.33. The van der Waals surface area contributed by atoms with Crippen molar-refractivity contribution in [1.82, 2.24) is 9.97 Å². The highest BCUT2D eigenvalue weighted by atomic mass is 16.5. The first-order valence-corrected chi connectivity index (χ1v) is 7.87. The van der Waals surface area contributed by atoms with Crippen LogP contribution >= 0.6 is 0 Å². The number of hydrogen-bond donors (Lipinski definition) is 2. The largest absolute Gasteiger partial charge is 0.493 e. The van der Waals surface area contributed by atoms with Crippen molar-refractivity contribution in [2.45, 2.75) is 0 Å². The Balaban J connectivity index is 1.76. The first-order chi connectivity index (χ1) is 12.7. The van der Waals surface area contributed by atoms with Gasteiger partial charge in [0.05, 0.1) is 14.2 Å². The van der Waals surface area contributed by atoms with Crippen LogP contribution in [0.1, 0.15) is 10.5 Å². The quantitative estimate of drug-likeness (QED) is 0.708. The second-order valence-electron chi connectivity index (χ2n) is 5.30. The van der Waals surface area contributed by atoms with Crippen molar-refractivity contribution in [3.63, 3.8) is 0 Å². The Bertz CT molecular complexity index is 900. The topological polar surface area (TPSA) is 85.4 Å². The molecule has 0 radical (unpaired) electrons. The van der Waals surface area contributed by atoms with Crippen molar-refractivity contribution in [3.05, 3.63) is 66.6 Å². The van der Waals surface area contributed by atoms with Crippen LogP contribution in [0.4, 0.5) is 17.2 Å². The SMILES string of the molecule is COc1ccc(Nc2cc(C(=O)Nc3ccccc3)ncn2)cc1OC. The minimum absolute atomic E-state index is 0.256. The maximum Gasteiger partial charge on any atom is 0.274 e. The van der Waals surface area contributed by atoms with Crippen molar-refractivity contribution in [2.75, 3.05) is 24.9 Å². The molecule has 1 aromatic heterocycles. The van der Waals surface area contributed by atoms with E-state index in [0.717, 1.165) is 5.69 Å². The molecule has 2 aromatic carbocycles. The molecule has 0 bridgehead atoms. The minimum Gasteiger partial charge on any atom is -0.493 e. The monoisotopic (exact) mass is 350 g/mol. The maximum absolute atomic E-state index is 12.3. The molecule has 26 heavy (non-hydrogen) atoms. The van der Waals surface area contributed by atoms with Crippen LogP contribution in [-0.4, -0.2) is 30.1 Å². The zero-order valence-corrected chi connectivity index (χ0v) is 14.4. The lowest BCUT2D eigenvalue weighted by Crippen LogP contribution is -2.14. The standard InChI is InChI=1S/C19H18N4O3/c1-25-16-9-8-14(10-17(16)26-2)22-18-11-15(20-12-21-18)19(24)23-13-6-4-3-5-7-13/h3-12H,1-2H3,(H,23,24)(H,20,21,22). The smallest absolute Gasteiger partial charge is 0.274 e. The van der Waals surface area contributed by atoms with Crippen LogP contribution in [0, 0.1) is 0 Å². The number of carbonyl (C=O) groups is 1. The molecule has 0 fully saturated rings. The number of amides is 1. The molecule has 0 saturated heterocycles. The third-order valence-electron chi connectivity index (χ3n) is 3.59. The van der Waals surface area contributed by atoms with Gasteiger partial charge in [0.15, 0.2) is 11.5 Å². The van der Waals surface area contributed by atoms with Crippen molar-refractivity contribution >= 4 is 23.1 Å². The van der Waals surface area contributed by atoms with Crippen LogP contribution in [0.3, 0.4) is 0 Å². The van der Waals surface area contributed by atoms with E-state index < -0.39 is 0 Å². The zero-order valence-electron chi connectivity index (χ0n) is 14.4. The van der Waals surface area contributed by atoms with Crippen molar-refractivity contribution in [3.8, 4) is 11.5 Å². The second kappa shape index (κ2) is 7.98. The van der Waals surface area contributed by atoms with Crippen molar-refractivity contribution in [1.29, 1.82) is 0 Å². The van der Waals surface area contributed by atoms with E-state index in [1.54, 1.807) is 32.4 Å². The first-order valence-electron chi connectivity index (χ1n) is 7.87. The van der Waals surface area contributed by atoms with Crippen LogP contribution in [0.5, 0.6) is 11.5 Å². The highest BCUT2D eigenvalue weighted by molar-refractivity contribution is 6.03. The maximum atomic E-state index is 12.3. The lowest BCUT2D eigenvalue weighted by molar-refractivity contribution is 0.102. The first kappa shape index (κ1) is 17.2. The van der Waals surface area contributed by atoms with Gasteiger partial charge in [-0.25, -0.2) is 9.97 Å². The van der Waals surface area contributed by atoms with Crippen LogP contribution < -0.4 is 20.1 Å². The molecule has 2 N–H and O–H groups in total. The number of anilines is 3. The van der Waals surface area contributed by atoms with Crippen LogP contribution in [-0.2, 0) is 0 Å². The third-order valence-corrected chi connectivity index (χ3v) is 3.59. The molecule has 3 aromatic rings. The fourth-order valence-corrected chi connectivity index (χ4v) is 2.33. The molecule has 7 heteroatoms. The molecule has 7 nitrogen and oxygen atoms in total. The van der Waals surface area contributed by atoms with Gasteiger partial charge in [-0.05, 0) is 24.3 Å². The van der Waals surface area contributed by atoms with Crippen LogP contribution in [0.15, 0.2) is 60.9 Å². The molecule has 132 valence electrons. The summed E-state index contributed by atoms with van der Waals surface area (Å²) in [4.78, 5) is 20.5. The molecule has 0 unspecified atom stereocenters. The average molecular weight is 350 g/mol. The Labute approximate surface area is 151 Å². The van der Waals surface area contributed by atoms with Gasteiger partial charge in [-0.3, -0.25) is 4.79 Å². The number of hydrogen-bond acceptors (Lipinski definition) is 6. The Morgan fingerprint density at radius 3 is 2.38 bits per heavy atom. The summed E-state index contributed by atoms with van der Waals surface area (Å²) < 4.78 is 10.5. The number of methoxy groups -OCH3 is 2. The van der Waals surface area contributed by atoms with E-state index in [9.17, 15) is 4.79 Å². The minimum atomic E-state index is -0.311. The number of aromatic nitrogens is 2. The molecular weight excluding hydrogens is 332 g/mol. The van der Waals surface area contributed by atoms with Gasteiger partial charge < -0.3 is 20.1 Å². The van der Waals surface area contributed by atoms with Gasteiger partial charge in [-0.15, -0.1) is 0 Å². The number of rotatable bonds is 6. The van der Waals surface area contributed by atoms with E-state index in [2.05, 4.69) is 20.6 Å². The fraction of sp³-hybridized carbons (Fsp3) is 0.105. The van der Waals surface area contributed by atoms with Gasteiger partial charge in [0, 0.05) is 23.5 Å². The Morgan fingerprint density at radius 2 is 1.65 bits per heavy atom. The van der Waals surface area contributed by atoms with Gasteiger partial charge in [-0.2, -0.15) is 0 Å². The molecule has 0 aliphatic carbocycles. The number of nitrogens with one attached hydrogen (secondary N) is 2. The van der Waals surface area contributed by atoms with E-state index in [1.165, 1.54) is 6.33 Å². The van der Waals surface area contributed by atoms with Crippen LogP contribution in [0.2, 0.25) is 0 Å². The molecule has 0 spiro atoms. The van der Waals surface area contributed by atoms with Crippen molar-refractivity contribution < 1.29 is 14.3 Å². The van der Waals surface area contributed by atoms with E-state index >= 15 is 0 Å². The summed E-state index contributed by atoms with van der Waals surface area (Å²) in [6.07, 6.45) is 1.34. The van der Waals surface area contributed by atoms with Gasteiger partial charge in [0.2, 0.25) is 0 Å². The molecule has 3 rings (SSSR count). The number of carbonyl (C=O) groups excluding carboxylic acids is 1. The highest BCUT2D eigenvalue weighted by Gasteiger charge is 2.10. The summed E-state index contributed by atoms with van der Waals surface area (Å²) in [5, 5.41) is 5.91. The summed E-state index contributed by atoms with van der Waals surface area (Å²) >= 11 is 0. The molecule has 1 heterocycles. The highest BCUT2D eigenvalue weighted by Crippen LogP contribution is 2.30. The lowest BCUT2D eigenvalue weighted by Gasteiger charge is -2.11. The summed E-state index contributed by atoms with van der Waals surface area (Å²) in [6, 6.07) is 16.2. The predicted molar refractivity (Wildman–Crippen MR) is 99.3 cm³/mol. The summed E-state index contributed by atoms with van der Waals surface area (Å²) in [5.74, 6) is 1.40. The van der Waals surface area contributed by atoms with Crippen molar-refractivity contribution in [2.24, 2.45) is 0 Å². The zero-order chi connectivity index (χ0) is 18.4. The molecule has 0 saturated carbocycles. The summed E-state index contributed by atoms with van der Waals surface area (Å²) in [6.45, 7) is 0. The predicted octanol–water partition coefficient (Wildman–Crippen LogP) is 3.49. The second-order valence-corrected chi connectivity index (χ2v) is 5.30. The molecule has 0 atom stereocenters. The number of ether oxygens (including phenoxy) is 2. The number of nitrogens with zero attached hydrogens (tertiary/aromatic N) is 2. The Kier molecular flexibility index (Phi) is 5.28. The van der Waals surface area contributed by atoms with E-state index in [-0.39, 0.29) is 11.6 Å². The molecule has 0 aliphatic heterocycles. The van der Waals surface area contributed by atoms with Gasteiger partial charge in [-0.1, -0.05) is 18.2 Å². The van der Waals surface area contributed by atoms with E-state index in [4.69, 9.17) is 9.47 Å². The number of para-hydroxylation sites is 1. The van der Waals surface area contributed by atoms with Gasteiger partial charge in [0.25, 0.3) is 5.91 Å². The Morgan fingerprint density at radius 1 is 0.885 bits per heavy atom. The third kappa shape index (κ3) is 4.07. The van der Waals surface area contributed by atoms with Crippen LogP contribution in [0.25, 0.3) is 0 Å². The number of benzene rings is 2.